The van der Waals surface area contributed by atoms with Gasteiger partial charge in [0.1, 0.15) is 0 Å². The van der Waals surface area contributed by atoms with Crippen LogP contribution in [-0.2, 0) is 9.59 Å². The predicted octanol–water partition coefficient (Wildman–Crippen LogP) is 2.50. The van der Waals surface area contributed by atoms with Gasteiger partial charge in [-0.05, 0) is 31.2 Å². The molecule has 0 bridgehead atoms. The third kappa shape index (κ3) is 3.59. The number of piperidine rings is 1. The zero-order valence-corrected chi connectivity index (χ0v) is 11.8. The first-order valence-corrected chi connectivity index (χ1v) is 7.13. The van der Waals surface area contributed by atoms with Crippen molar-refractivity contribution in [1.29, 1.82) is 0 Å². The van der Waals surface area contributed by atoms with Crippen molar-refractivity contribution in [2.45, 2.75) is 32.1 Å². The SMILES string of the molecule is C[C@@H](C(=O)N1CCC(CC(=O)O)CC1)c1ccccc1. The maximum atomic E-state index is 12.4. The van der Waals surface area contributed by atoms with Crippen molar-refractivity contribution < 1.29 is 14.7 Å². The van der Waals surface area contributed by atoms with Crippen LogP contribution in [0.5, 0.6) is 0 Å². The fourth-order valence-electron chi connectivity index (χ4n) is 2.76. The standard InChI is InChI=1S/C16H21NO3/c1-12(14-5-3-2-4-6-14)16(20)17-9-7-13(8-10-17)11-15(18)19/h2-6,12-13H,7-11H2,1H3,(H,18,19)/t12-/m1/s1. The van der Waals surface area contributed by atoms with Crippen LogP contribution in [-0.4, -0.2) is 35.0 Å². The third-order valence-corrected chi connectivity index (χ3v) is 4.06. The number of carbonyl (C=O) groups is 2. The topological polar surface area (TPSA) is 57.6 Å². The number of hydrogen-bond donors (Lipinski definition) is 1. The molecule has 0 radical (unpaired) electrons. The van der Waals surface area contributed by atoms with Gasteiger partial charge in [-0.15, -0.1) is 0 Å². The first-order valence-electron chi connectivity index (χ1n) is 7.13. The average Bonchev–Trinajstić information content (AvgIpc) is 2.47. The van der Waals surface area contributed by atoms with Gasteiger partial charge >= 0.3 is 5.97 Å². The van der Waals surface area contributed by atoms with E-state index in [1.165, 1.54) is 0 Å². The summed E-state index contributed by atoms with van der Waals surface area (Å²) in [7, 11) is 0. The summed E-state index contributed by atoms with van der Waals surface area (Å²) in [6.07, 6.45) is 1.80. The van der Waals surface area contributed by atoms with Crippen LogP contribution in [0.2, 0.25) is 0 Å². The van der Waals surface area contributed by atoms with Crippen molar-refractivity contribution >= 4 is 11.9 Å². The molecule has 1 saturated heterocycles. The zero-order valence-electron chi connectivity index (χ0n) is 11.8. The summed E-state index contributed by atoms with van der Waals surface area (Å²) < 4.78 is 0. The predicted molar refractivity (Wildman–Crippen MR) is 76.4 cm³/mol. The van der Waals surface area contributed by atoms with Gasteiger partial charge in [0.05, 0.1) is 5.92 Å². The lowest BCUT2D eigenvalue weighted by Crippen LogP contribution is -2.40. The zero-order chi connectivity index (χ0) is 14.5. The Morgan fingerprint density at radius 3 is 2.40 bits per heavy atom. The fraction of sp³-hybridized carbons (Fsp3) is 0.500. The summed E-state index contributed by atoms with van der Waals surface area (Å²) in [4.78, 5) is 25.0. The molecule has 1 fully saturated rings. The Labute approximate surface area is 119 Å². The van der Waals surface area contributed by atoms with Gasteiger partial charge in [0, 0.05) is 19.5 Å². The highest BCUT2D eigenvalue weighted by molar-refractivity contribution is 5.83. The molecule has 1 aromatic rings. The Morgan fingerprint density at radius 1 is 1.25 bits per heavy atom. The number of carboxylic acids is 1. The van der Waals surface area contributed by atoms with Crippen LogP contribution >= 0.6 is 0 Å². The minimum absolute atomic E-state index is 0.132. The summed E-state index contributed by atoms with van der Waals surface area (Å²) in [5, 5.41) is 8.80. The molecule has 0 saturated carbocycles. The second-order valence-electron chi connectivity index (χ2n) is 5.50. The van der Waals surface area contributed by atoms with Crippen molar-refractivity contribution in [2.24, 2.45) is 5.92 Å². The normalized spacial score (nSPS) is 17.8. The Balaban J connectivity index is 1.90. The molecule has 0 aromatic heterocycles. The second kappa shape index (κ2) is 6.55. The minimum atomic E-state index is -0.743. The van der Waals surface area contributed by atoms with Crippen molar-refractivity contribution in [3.05, 3.63) is 35.9 Å². The first-order chi connectivity index (χ1) is 9.58. The average molecular weight is 275 g/mol. The molecule has 1 aliphatic heterocycles. The van der Waals surface area contributed by atoms with E-state index in [0.717, 1.165) is 18.4 Å². The van der Waals surface area contributed by atoms with E-state index in [1.807, 2.05) is 42.2 Å². The molecule has 108 valence electrons. The Kier molecular flexibility index (Phi) is 4.77. The number of hydrogen-bond acceptors (Lipinski definition) is 2. The highest BCUT2D eigenvalue weighted by Gasteiger charge is 2.27. The van der Waals surface area contributed by atoms with E-state index >= 15 is 0 Å². The maximum absolute atomic E-state index is 12.4. The summed E-state index contributed by atoms with van der Waals surface area (Å²) in [5.41, 5.74) is 1.03. The number of carbonyl (C=O) groups excluding carboxylic acids is 1. The molecule has 1 heterocycles. The highest BCUT2D eigenvalue weighted by atomic mass is 16.4. The van der Waals surface area contributed by atoms with Gasteiger partial charge in [-0.1, -0.05) is 30.3 Å². The lowest BCUT2D eigenvalue weighted by molar-refractivity contribution is -0.138. The van der Waals surface area contributed by atoms with Crippen LogP contribution in [0.15, 0.2) is 30.3 Å². The van der Waals surface area contributed by atoms with Gasteiger partial charge in [-0.2, -0.15) is 0 Å². The first kappa shape index (κ1) is 14.6. The molecule has 0 unspecified atom stereocenters. The molecule has 1 aliphatic rings. The van der Waals surface area contributed by atoms with Crippen molar-refractivity contribution in [3.8, 4) is 0 Å². The molecular formula is C16H21NO3. The van der Waals surface area contributed by atoms with E-state index in [9.17, 15) is 9.59 Å². The van der Waals surface area contributed by atoms with E-state index in [2.05, 4.69) is 0 Å². The van der Waals surface area contributed by atoms with Gasteiger partial charge < -0.3 is 10.0 Å². The third-order valence-electron chi connectivity index (χ3n) is 4.06. The van der Waals surface area contributed by atoms with Crippen molar-refractivity contribution in [2.75, 3.05) is 13.1 Å². The van der Waals surface area contributed by atoms with Crippen LogP contribution in [0.1, 0.15) is 37.7 Å². The molecule has 2 rings (SSSR count). The van der Waals surface area contributed by atoms with Crippen LogP contribution in [0.25, 0.3) is 0 Å². The smallest absolute Gasteiger partial charge is 0.303 e. The molecule has 4 heteroatoms. The molecule has 0 aliphatic carbocycles. The maximum Gasteiger partial charge on any atom is 0.303 e. The fourth-order valence-corrected chi connectivity index (χ4v) is 2.76. The van der Waals surface area contributed by atoms with E-state index in [1.54, 1.807) is 0 Å². The Bertz CT molecular complexity index is 464. The summed E-state index contributed by atoms with van der Waals surface area (Å²) in [6.45, 7) is 3.28. The van der Waals surface area contributed by atoms with E-state index in [-0.39, 0.29) is 24.2 Å². The molecule has 20 heavy (non-hydrogen) atoms. The Morgan fingerprint density at radius 2 is 1.85 bits per heavy atom. The van der Waals surface area contributed by atoms with Gasteiger partial charge in [0.25, 0.3) is 0 Å². The number of benzene rings is 1. The van der Waals surface area contributed by atoms with E-state index < -0.39 is 5.97 Å². The number of nitrogens with zero attached hydrogens (tertiary/aromatic N) is 1. The second-order valence-corrected chi connectivity index (χ2v) is 5.50. The van der Waals surface area contributed by atoms with Gasteiger partial charge in [-0.25, -0.2) is 0 Å². The quantitative estimate of drug-likeness (QED) is 0.918. The van der Waals surface area contributed by atoms with E-state index in [0.29, 0.717) is 13.1 Å². The van der Waals surface area contributed by atoms with Gasteiger partial charge in [0.2, 0.25) is 5.91 Å². The monoisotopic (exact) mass is 275 g/mol. The molecule has 1 amide bonds. The number of aliphatic carboxylic acids is 1. The molecule has 0 spiro atoms. The minimum Gasteiger partial charge on any atom is -0.481 e. The lowest BCUT2D eigenvalue weighted by Gasteiger charge is -2.33. The largest absolute Gasteiger partial charge is 0.481 e. The van der Waals surface area contributed by atoms with E-state index in [4.69, 9.17) is 5.11 Å². The summed E-state index contributed by atoms with van der Waals surface area (Å²) in [5.74, 6) is -0.520. The summed E-state index contributed by atoms with van der Waals surface area (Å²) in [6, 6.07) is 9.77. The van der Waals surface area contributed by atoms with Crippen LogP contribution in [0, 0.1) is 5.92 Å². The van der Waals surface area contributed by atoms with Crippen LogP contribution in [0.3, 0.4) is 0 Å². The summed E-state index contributed by atoms with van der Waals surface area (Å²) >= 11 is 0. The van der Waals surface area contributed by atoms with Gasteiger partial charge in [0.15, 0.2) is 0 Å². The lowest BCUT2D eigenvalue weighted by atomic mass is 9.92. The molecule has 1 N–H and O–H groups in total. The molecule has 1 aromatic carbocycles. The van der Waals surface area contributed by atoms with Crippen molar-refractivity contribution in [3.63, 3.8) is 0 Å². The van der Waals surface area contributed by atoms with Crippen LogP contribution in [0.4, 0.5) is 0 Å². The highest BCUT2D eigenvalue weighted by Crippen LogP contribution is 2.24. The number of likely N-dealkylation sites (tertiary alicyclic amines) is 1. The van der Waals surface area contributed by atoms with Gasteiger partial charge in [-0.3, -0.25) is 9.59 Å². The Hall–Kier alpha value is -1.84. The number of carboxylic acid groups (broad SMARTS) is 1. The van der Waals surface area contributed by atoms with Crippen molar-refractivity contribution in [1.82, 2.24) is 4.90 Å². The number of rotatable bonds is 4. The molecular weight excluding hydrogens is 254 g/mol. The van der Waals surface area contributed by atoms with Crippen LogP contribution < -0.4 is 0 Å². The number of amides is 1. The molecule has 1 atom stereocenters. The molecule has 4 nitrogen and oxygen atoms in total.